The highest BCUT2D eigenvalue weighted by Crippen LogP contribution is 2.15. The van der Waals surface area contributed by atoms with Gasteiger partial charge < -0.3 is 20.8 Å². The molecule has 1 amide bonds. The number of carbonyl (C=O) groups excluding carboxylic acids is 1. The molecular formula is C12H26N2O3. The molecule has 0 spiro atoms. The first kappa shape index (κ1) is 16.4. The van der Waals surface area contributed by atoms with E-state index >= 15 is 0 Å². The molecule has 0 aliphatic heterocycles. The van der Waals surface area contributed by atoms with Gasteiger partial charge in [-0.05, 0) is 24.8 Å². The summed E-state index contributed by atoms with van der Waals surface area (Å²) < 4.78 is 0. The number of nitrogens with two attached hydrogens (primary N) is 1. The summed E-state index contributed by atoms with van der Waals surface area (Å²) in [5, 5.41) is 17.7. The van der Waals surface area contributed by atoms with E-state index in [0.717, 1.165) is 6.42 Å². The molecule has 0 saturated carbocycles. The Balaban J connectivity index is 4.24. The Morgan fingerprint density at radius 2 is 1.76 bits per heavy atom. The molecule has 0 aromatic rings. The van der Waals surface area contributed by atoms with E-state index in [1.807, 2.05) is 0 Å². The molecule has 0 aromatic heterocycles. The Labute approximate surface area is 104 Å². The van der Waals surface area contributed by atoms with Gasteiger partial charge in [0.25, 0.3) is 0 Å². The number of aliphatic hydroxyl groups excluding tert-OH is 2. The van der Waals surface area contributed by atoms with E-state index in [2.05, 4.69) is 13.8 Å². The maximum absolute atomic E-state index is 11.9. The molecule has 17 heavy (non-hydrogen) atoms. The van der Waals surface area contributed by atoms with Gasteiger partial charge in [-0.2, -0.15) is 0 Å². The molecule has 0 saturated heterocycles. The summed E-state index contributed by atoms with van der Waals surface area (Å²) in [5.41, 5.74) is 5.65. The van der Waals surface area contributed by atoms with Gasteiger partial charge in [0.1, 0.15) is 0 Å². The van der Waals surface area contributed by atoms with Crippen LogP contribution in [-0.4, -0.2) is 53.9 Å². The molecule has 0 aliphatic rings. The first-order valence-electron chi connectivity index (χ1n) is 6.24. The Kier molecular flexibility index (Phi) is 9.03. The fraction of sp³-hybridized carbons (Fsp3) is 0.917. The van der Waals surface area contributed by atoms with Crippen molar-refractivity contribution in [2.45, 2.75) is 26.7 Å². The molecule has 4 N–H and O–H groups in total. The fourth-order valence-electron chi connectivity index (χ4n) is 1.91. The third-order valence-electron chi connectivity index (χ3n) is 2.69. The van der Waals surface area contributed by atoms with Crippen LogP contribution < -0.4 is 5.73 Å². The quantitative estimate of drug-likeness (QED) is 0.526. The first-order valence-corrected chi connectivity index (χ1v) is 6.24. The number of carbonyl (C=O) groups is 1. The summed E-state index contributed by atoms with van der Waals surface area (Å²) in [6.45, 7) is 5.10. The van der Waals surface area contributed by atoms with Crippen LogP contribution in [0.5, 0.6) is 0 Å². The second kappa shape index (κ2) is 9.39. The van der Waals surface area contributed by atoms with Gasteiger partial charge in [-0.1, -0.05) is 13.8 Å². The standard InChI is InChI=1S/C12H26N2O3/c1-10(2)7-11(9-13)8-12(17)14(3-5-15)4-6-16/h10-11,15-16H,3-9,13H2,1-2H3. The van der Waals surface area contributed by atoms with E-state index < -0.39 is 0 Å². The normalized spacial score (nSPS) is 12.8. The van der Waals surface area contributed by atoms with Crippen molar-refractivity contribution >= 4 is 5.91 Å². The molecule has 5 nitrogen and oxygen atoms in total. The lowest BCUT2D eigenvalue weighted by Crippen LogP contribution is -2.37. The number of hydrogen-bond acceptors (Lipinski definition) is 4. The van der Waals surface area contributed by atoms with E-state index in [1.165, 1.54) is 4.90 Å². The molecule has 0 fully saturated rings. The van der Waals surface area contributed by atoms with Gasteiger partial charge in [0.15, 0.2) is 0 Å². The van der Waals surface area contributed by atoms with Gasteiger partial charge in [0.2, 0.25) is 5.91 Å². The van der Waals surface area contributed by atoms with Crippen LogP contribution in [0.1, 0.15) is 26.7 Å². The second-order valence-corrected chi connectivity index (χ2v) is 4.76. The maximum atomic E-state index is 11.9. The lowest BCUT2D eigenvalue weighted by atomic mass is 9.94. The monoisotopic (exact) mass is 246 g/mol. The van der Waals surface area contributed by atoms with Crippen molar-refractivity contribution in [2.24, 2.45) is 17.6 Å². The van der Waals surface area contributed by atoms with Gasteiger partial charge >= 0.3 is 0 Å². The van der Waals surface area contributed by atoms with Crippen molar-refractivity contribution in [2.75, 3.05) is 32.8 Å². The number of nitrogens with zero attached hydrogens (tertiary/aromatic N) is 1. The summed E-state index contributed by atoms with van der Waals surface area (Å²) in [5.74, 6) is 0.659. The third kappa shape index (κ3) is 7.31. The number of amides is 1. The van der Waals surface area contributed by atoms with E-state index in [-0.39, 0.29) is 38.1 Å². The molecule has 1 unspecified atom stereocenters. The average molecular weight is 246 g/mol. The second-order valence-electron chi connectivity index (χ2n) is 4.76. The van der Waals surface area contributed by atoms with Gasteiger partial charge in [0.05, 0.1) is 13.2 Å². The number of rotatable bonds is 9. The minimum atomic E-state index is -0.0801. The SMILES string of the molecule is CC(C)CC(CN)CC(=O)N(CCO)CCO. The van der Waals surface area contributed by atoms with Crippen LogP contribution in [0.3, 0.4) is 0 Å². The Bertz CT molecular complexity index is 204. The van der Waals surface area contributed by atoms with Crippen LogP contribution in [0.2, 0.25) is 0 Å². The molecule has 0 bridgehead atoms. The highest BCUT2D eigenvalue weighted by atomic mass is 16.3. The summed E-state index contributed by atoms with van der Waals surface area (Å²) in [4.78, 5) is 13.4. The molecule has 0 rings (SSSR count). The minimum absolute atomic E-state index is 0.0378. The summed E-state index contributed by atoms with van der Waals surface area (Å²) in [7, 11) is 0. The van der Waals surface area contributed by atoms with Crippen LogP contribution in [0.15, 0.2) is 0 Å². The van der Waals surface area contributed by atoms with Crippen molar-refractivity contribution in [1.82, 2.24) is 4.90 Å². The Morgan fingerprint density at radius 3 is 2.12 bits per heavy atom. The summed E-state index contributed by atoms with van der Waals surface area (Å²) in [6.07, 6.45) is 1.32. The zero-order chi connectivity index (χ0) is 13.3. The summed E-state index contributed by atoms with van der Waals surface area (Å²) >= 11 is 0. The van der Waals surface area contributed by atoms with Crippen LogP contribution >= 0.6 is 0 Å². The van der Waals surface area contributed by atoms with Crippen molar-refractivity contribution in [3.05, 3.63) is 0 Å². The van der Waals surface area contributed by atoms with Crippen molar-refractivity contribution in [1.29, 1.82) is 0 Å². The molecule has 0 radical (unpaired) electrons. The molecule has 5 heteroatoms. The van der Waals surface area contributed by atoms with Crippen LogP contribution in [0.4, 0.5) is 0 Å². The van der Waals surface area contributed by atoms with Crippen molar-refractivity contribution in [3.8, 4) is 0 Å². The van der Waals surface area contributed by atoms with Gasteiger partial charge in [0, 0.05) is 19.5 Å². The lowest BCUT2D eigenvalue weighted by Gasteiger charge is -2.24. The Morgan fingerprint density at radius 1 is 1.24 bits per heavy atom. The maximum Gasteiger partial charge on any atom is 0.223 e. The molecular weight excluding hydrogens is 220 g/mol. The highest BCUT2D eigenvalue weighted by Gasteiger charge is 2.18. The predicted octanol–water partition coefficient (Wildman–Crippen LogP) is -0.189. The Hall–Kier alpha value is -0.650. The van der Waals surface area contributed by atoms with Gasteiger partial charge in [-0.3, -0.25) is 4.79 Å². The predicted molar refractivity (Wildman–Crippen MR) is 67.4 cm³/mol. The van der Waals surface area contributed by atoms with E-state index in [4.69, 9.17) is 15.9 Å². The smallest absolute Gasteiger partial charge is 0.223 e. The minimum Gasteiger partial charge on any atom is -0.395 e. The van der Waals surface area contributed by atoms with Crippen molar-refractivity contribution < 1.29 is 15.0 Å². The zero-order valence-corrected chi connectivity index (χ0v) is 10.9. The lowest BCUT2D eigenvalue weighted by molar-refractivity contribution is -0.133. The average Bonchev–Trinajstić information content (AvgIpc) is 2.27. The van der Waals surface area contributed by atoms with Crippen LogP contribution in [0, 0.1) is 11.8 Å². The molecule has 1 atom stereocenters. The van der Waals surface area contributed by atoms with Crippen LogP contribution in [0.25, 0.3) is 0 Å². The van der Waals surface area contributed by atoms with Gasteiger partial charge in [-0.15, -0.1) is 0 Å². The number of aliphatic hydroxyl groups is 2. The third-order valence-corrected chi connectivity index (χ3v) is 2.69. The summed E-state index contributed by atoms with van der Waals surface area (Å²) in [6, 6.07) is 0. The molecule has 102 valence electrons. The zero-order valence-electron chi connectivity index (χ0n) is 10.9. The first-order chi connectivity index (χ1) is 8.04. The van der Waals surface area contributed by atoms with Gasteiger partial charge in [-0.25, -0.2) is 0 Å². The largest absolute Gasteiger partial charge is 0.395 e. The molecule has 0 aromatic carbocycles. The van der Waals surface area contributed by atoms with E-state index in [9.17, 15) is 4.79 Å². The van der Waals surface area contributed by atoms with E-state index in [1.54, 1.807) is 0 Å². The fourth-order valence-corrected chi connectivity index (χ4v) is 1.91. The van der Waals surface area contributed by atoms with Crippen LogP contribution in [-0.2, 0) is 4.79 Å². The van der Waals surface area contributed by atoms with Crippen molar-refractivity contribution in [3.63, 3.8) is 0 Å². The molecule has 0 aliphatic carbocycles. The number of hydrogen-bond donors (Lipinski definition) is 3. The molecule has 0 heterocycles. The highest BCUT2D eigenvalue weighted by molar-refractivity contribution is 5.76. The topological polar surface area (TPSA) is 86.8 Å². The van der Waals surface area contributed by atoms with E-state index in [0.29, 0.717) is 18.9 Å².